The number of aliphatic imine (C=N–C) groups is 1. The highest BCUT2D eigenvalue weighted by molar-refractivity contribution is 5.85. The third-order valence-electron chi connectivity index (χ3n) is 6.50. The minimum Gasteiger partial charge on any atom is -0.474 e. The first-order valence-electron chi connectivity index (χ1n) is 10.7. The first-order valence-corrected chi connectivity index (χ1v) is 10.7. The van der Waals surface area contributed by atoms with Crippen LogP contribution in [0.2, 0.25) is 0 Å². The lowest BCUT2D eigenvalue weighted by molar-refractivity contribution is -0.0205. The van der Waals surface area contributed by atoms with E-state index in [0.29, 0.717) is 5.90 Å². The number of carbonyl (C=O) groups is 1. The van der Waals surface area contributed by atoms with Crippen LogP contribution in [0.4, 0.5) is 4.79 Å². The summed E-state index contributed by atoms with van der Waals surface area (Å²) in [4.78, 5) is 19.9. The molecule has 1 N–H and O–H groups in total. The minimum absolute atomic E-state index is 0.0119. The number of rotatable bonds is 2. The van der Waals surface area contributed by atoms with E-state index in [4.69, 9.17) is 14.5 Å². The number of benzene rings is 1. The van der Waals surface area contributed by atoms with Crippen LogP contribution in [0.15, 0.2) is 35.3 Å². The van der Waals surface area contributed by atoms with Crippen molar-refractivity contribution in [1.29, 1.82) is 0 Å². The highest BCUT2D eigenvalue weighted by Gasteiger charge is 2.56. The lowest BCUT2D eigenvalue weighted by Gasteiger charge is -2.45. The molecule has 1 saturated carbocycles. The van der Waals surface area contributed by atoms with Crippen molar-refractivity contribution in [3.05, 3.63) is 35.9 Å². The van der Waals surface area contributed by atoms with Gasteiger partial charge < -0.3 is 14.6 Å². The van der Waals surface area contributed by atoms with Gasteiger partial charge in [-0.2, -0.15) is 0 Å². The molecule has 1 aromatic carbocycles. The highest BCUT2D eigenvalue weighted by atomic mass is 16.6. The summed E-state index contributed by atoms with van der Waals surface area (Å²) in [6.07, 6.45) is 1.35. The maximum atomic E-state index is 13.2. The zero-order valence-electron chi connectivity index (χ0n) is 17.7. The average Bonchev–Trinajstić information content (AvgIpc) is 3.06. The number of hydrogen-bond donors (Lipinski definition) is 1. The van der Waals surface area contributed by atoms with Crippen LogP contribution < -0.4 is 0 Å². The van der Waals surface area contributed by atoms with Crippen LogP contribution in [0.5, 0.6) is 0 Å². The fraction of sp³-hybridized carbons (Fsp3) is 0.652. The number of fused-ring (bicyclic) bond motifs is 3. The van der Waals surface area contributed by atoms with Gasteiger partial charge in [0.1, 0.15) is 18.9 Å². The highest BCUT2D eigenvalue weighted by Crippen LogP contribution is 2.46. The molecule has 4 rings (SSSR count). The molecular formula is C23H32N2O4. The average molecular weight is 401 g/mol. The molecule has 0 radical (unpaired) electrons. The lowest BCUT2D eigenvalue weighted by Crippen LogP contribution is -2.58. The monoisotopic (exact) mass is 400 g/mol. The number of aliphatic hydroxyl groups excluding tert-OH is 1. The zero-order valence-corrected chi connectivity index (χ0v) is 17.7. The van der Waals surface area contributed by atoms with Crippen molar-refractivity contribution in [2.45, 2.75) is 78.0 Å². The van der Waals surface area contributed by atoms with Crippen molar-refractivity contribution in [3.8, 4) is 0 Å². The zero-order chi connectivity index (χ0) is 20.8. The van der Waals surface area contributed by atoms with Gasteiger partial charge >= 0.3 is 6.09 Å². The number of aliphatic hydroxyl groups is 1. The third kappa shape index (κ3) is 3.75. The van der Waals surface area contributed by atoms with Gasteiger partial charge in [-0.1, -0.05) is 57.5 Å². The van der Waals surface area contributed by atoms with Crippen LogP contribution >= 0.6 is 0 Å². The van der Waals surface area contributed by atoms with Gasteiger partial charge in [-0.3, -0.25) is 4.90 Å². The van der Waals surface area contributed by atoms with Crippen molar-refractivity contribution in [2.24, 2.45) is 22.2 Å². The van der Waals surface area contributed by atoms with E-state index in [1.165, 1.54) is 0 Å². The van der Waals surface area contributed by atoms with Crippen LogP contribution in [-0.4, -0.2) is 46.4 Å². The first kappa shape index (κ1) is 20.2. The van der Waals surface area contributed by atoms with Crippen molar-refractivity contribution < 1.29 is 19.4 Å². The molecule has 0 unspecified atom stereocenters. The maximum Gasteiger partial charge on any atom is 0.412 e. The fourth-order valence-electron chi connectivity index (χ4n) is 5.06. The second-order valence-corrected chi connectivity index (χ2v) is 9.67. The van der Waals surface area contributed by atoms with Gasteiger partial charge in [0.2, 0.25) is 0 Å². The number of carbonyl (C=O) groups excluding carboxylic acids is 1. The predicted octanol–water partition coefficient (Wildman–Crippen LogP) is 3.97. The summed E-state index contributed by atoms with van der Waals surface area (Å²) in [5, 5.41) is 10.4. The van der Waals surface area contributed by atoms with E-state index in [1.54, 1.807) is 4.90 Å². The Hall–Kier alpha value is -2.08. The Morgan fingerprint density at radius 3 is 2.69 bits per heavy atom. The molecule has 0 aromatic heterocycles. The van der Waals surface area contributed by atoms with Gasteiger partial charge in [0.25, 0.3) is 0 Å². The van der Waals surface area contributed by atoms with Crippen LogP contribution in [-0.2, 0) is 16.1 Å². The van der Waals surface area contributed by atoms with E-state index in [2.05, 4.69) is 27.7 Å². The fourth-order valence-corrected chi connectivity index (χ4v) is 5.06. The summed E-state index contributed by atoms with van der Waals surface area (Å²) in [7, 11) is 0. The third-order valence-corrected chi connectivity index (χ3v) is 6.50. The summed E-state index contributed by atoms with van der Waals surface area (Å²) in [5.41, 5.74) is 0.690. The molecule has 0 bridgehead atoms. The number of nitrogens with zero attached hydrogens (tertiary/aromatic N) is 2. The number of ether oxygens (including phenoxy) is 2. The Labute approximate surface area is 172 Å². The second-order valence-electron chi connectivity index (χ2n) is 9.67. The van der Waals surface area contributed by atoms with Crippen molar-refractivity contribution in [1.82, 2.24) is 4.90 Å². The molecule has 1 amide bonds. The van der Waals surface area contributed by atoms with E-state index in [0.717, 1.165) is 24.8 Å². The SMILES string of the molecule is C[C@H]1[C@H]2C(=N[C@@H](C(C)(C)C)N1C(=O)OCc1ccccc1)O[C@@H]1[C@@H]2CCC[C@@H]1O. The molecule has 29 heavy (non-hydrogen) atoms. The summed E-state index contributed by atoms with van der Waals surface area (Å²) < 4.78 is 11.9. The molecule has 6 heteroatoms. The summed E-state index contributed by atoms with van der Waals surface area (Å²) in [5.74, 6) is 0.913. The molecule has 1 saturated heterocycles. The van der Waals surface area contributed by atoms with Gasteiger partial charge in [-0.25, -0.2) is 9.79 Å². The Morgan fingerprint density at radius 1 is 1.28 bits per heavy atom. The molecule has 2 fully saturated rings. The first-order chi connectivity index (χ1) is 13.8. The summed E-state index contributed by atoms with van der Waals surface area (Å²) >= 11 is 0. The minimum atomic E-state index is -0.458. The Bertz CT molecular complexity index is 773. The Morgan fingerprint density at radius 2 is 2.00 bits per heavy atom. The molecule has 3 aliphatic rings. The van der Waals surface area contributed by atoms with Gasteiger partial charge in [0.15, 0.2) is 5.90 Å². The Balaban J connectivity index is 1.60. The van der Waals surface area contributed by atoms with Crippen molar-refractivity contribution in [3.63, 3.8) is 0 Å². The summed E-state index contributed by atoms with van der Waals surface area (Å²) in [6.45, 7) is 8.52. The number of amides is 1. The molecule has 2 heterocycles. The van der Waals surface area contributed by atoms with E-state index < -0.39 is 6.10 Å². The van der Waals surface area contributed by atoms with Crippen LogP contribution in [0.25, 0.3) is 0 Å². The maximum absolute atomic E-state index is 13.2. The van der Waals surface area contributed by atoms with E-state index >= 15 is 0 Å². The molecule has 0 spiro atoms. The van der Waals surface area contributed by atoms with Crippen LogP contribution in [0.3, 0.4) is 0 Å². The standard InChI is InChI=1S/C23H32N2O4/c1-14-18-16-11-8-12-17(26)19(16)29-20(18)24-21(23(2,3)4)25(14)22(27)28-13-15-9-6-5-7-10-15/h5-7,9-10,14,16-19,21,26H,8,11-13H2,1-4H3/t14-,16+,17-,18+,19+,21+/m0/s1. The largest absolute Gasteiger partial charge is 0.474 e. The molecule has 6 nitrogen and oxygen atoms in total. The van der Waals surface area contributed by atoms with Crippen LogP contribution in [0.1, 0.15) is 52.5 Å². The lowest BCUT2D eigenvalue weighted by atomic mass is 9.74. The normalized spacial score (nSPS) is 34.0. The van der Waals surface area contributed by atoms with E-state index in [9.17, 15) is 9.90 Å². The van der Waals surface area contributed by atoms with Gasteiger partial charge in [0.05, 0.1) is 12.0 Å². The molecule has 1 aliphatic carbocycles. The van der Waals surface area contributed by atoms with Gasteiger partial charge in [0, 0.05) is 17.4 Å². The van der Waals surface area contributed by atoms with E-state index in [1.807, 2.05) is 30.3 Å². The topological polar surface area (TPSA) is 71.4 Å². The van der Waals surface area contributed by atoms with Gasteiger partial charge in [-0.15, -0.1) is 0 Å². The number of hydrogen-bond acceptors (Lipinski definition) is 5. The molecule has 2 aliphatic heterocycles. The molecule has 1 aromatic rings. The molecule has 6 atom stereocenters. The van der Waals surface area contributed by atoms with Crippen molar-refractivity contribution >= 4 is 12.0 Å². The molecular weight excluding hydrogens is 368 g/mol. The van der Waals surface area contributed by atoms with Gasteiger partial charge in [-0.05, 0) is 25.3 Å². The quantitative estimate of drug-likeness (QED) is 0.815. The second kappa shape index (κ2) is 7.63. The Kier molecular flexibility index (Phi) is 5.32. The van der Waals surface area contributed by atoms with Crippen LogP contribution in [0, 0.1) is 17.3 Å². The van der Waals surface area contributed by atoms with E-state index in [-0.39, 0.29) is 48.3 Å². The smallest absolute Gasteiger partial charge is 0.412 e. The van der Waals surface area contributed by atoms with Crippen molar-refractivity contribution in [2.75, 3.05) is 0 Å². The summed E-state index contributed by atoms with van der Waals surface area (Å²) in [6, 6.07) is 9.61. The predicted molar refractivity (Wildman–Crippen MR) is 110 cm³/mol. The molecule has 158 valence electrons.